The summed E-state index contributed by atoms with van der Waals surface area (Å²) in [5.41, 5.74) is 0.664. The number of esters is 1. The van der Waals surface area contributed by atoms with Gasteiger partial charge in [-0.25, -0.2) is 4.79 Å². The second-order valence-corrected chi connectivity index (χ2v) is 3.92. The Balaban J connectivity index is 2.36. The van der Waals surface area contributed by atoms with Gasteiger partial charge in [0.2, 0.25) is 6.20 Å². The highest BCUT2D eigenvalue weighted by molar-refractivity contribution is 5.90. The molecule has 1 aromatic carbocycles. The molecule has 5 nitrogen and oxygen atoms in total. The number of carbonyl (C=O) groups is 1. The Morgan fingerprint density at radius 1 is 1.20 bits per heavy atom. The summed E-state index contributed by atoms with van der Waals surface area (Å²) in [7, 11) is 0. The Morgan fingerprint density at radius 2 is 1.90 bits per heavy atom. The molecular weight excluding hydrogens is 256 g/mol. The van der Waals surface area contributed by atoms with Crippen LogP contribution in [0.15, 0.2) is 59.8 Å². The molecule has 2 rings (SSSR count). The number of aromatic nitrogens is 1. The van der Waals surface area contributed by atoms with Crippen LogP contribution in [0.4, 0.5) is 0 Å². The molecule has 0 saturated carbocycles. The number of ether oxygens (including phenoxy) is 1. The Morgan fingerprint density at radius 3 is 2.60 bits per heavy atom. The first-order valence-electron chi connectivity index (χ1n) is 6.21. The highest BCUT2D eigenvalue weighted by Crippen LogP contribution is 1.99. The highest BCUT2D eigenvalue weighted by Gasteiger charge is 2.19. The van der Waals surface area contributed by atoms with Gasteiger partial charge >= 0.3 is 11.7 Å². The maximum Gasteiger partial charge on any atom is 0.406 e. The summed E-state index contributed by atoms with van der Waals surface area (Å²) in [6, 6.07) is 13.6. The number of hydrogen-bond donors (Lipinski definition) is 0. The molecular formula is C15H14N2O3. The van der Waals surface area contributed by atoms with Crippen LogP contribution in [0.3, 0.4) is 0 Å². The maximum absolute atomic E-state index is 12.0. The van der Waals surface area contributed by atoms with E-state index in [1.165, 1.54) is 10.9 Å². The van der Waals surface area contributed by atoms with Crippen LogP contribution < -0.4 is 9.78 Å². The van der Waals surface area contributed by atoms with Crippen molar-refractivity contribution in [1.82, 2.24) is 0 Å². The van der Waals surface area contributed by atoms with Gasteiger partial charge in [0.1, 0.15) is 0 Å². The topological polar surface area (TPSA) is 65.6 Å². The first-order chi connectivity index (χ1) is 9.72. The quantitative estimate of drug-likeness (QED) is 0.356. The van der Waals surface area contributed by atoms with Gasteiger partial charge in [0, 0.05) is 12.1 Å². The van der Waals surface area contributed by atoms with Crippen molar-refractivity contribution in [2.75, 3.05) is 6.61 Å². The van der Waals surface area contributed by atoms with Crippen molar-refractivity contribution >= 4 is 11.9 Å². The lowest BCUT2D eigenvalue weighted by Gasteiger charge is -2.06. The molecule has 102 valence electrons. The van der Waals surface area contributed by atoms with Gasteiger partial charge in [-0.15, -0.1) is 0 Å². The summed E-state index contributed by atoms with van der Waals surface area (Å²) in [5, 5.41) is 15.9. The number of nitrogens with zero attached hydrogens (tertiary/aromatic N) is 2. The van der Waals surface area contributed by atoms with Crippen LogP contribution in [0.25, 0.3) is 0 Å². The van der Waals surface area contributed by atoms with Crippen LogP contribution in [0, 0.1) is 0 Å². The van der Waals surface area contributed by atoms with Gasteiger partial charge in [0.15, 0.2) is 0 Å². The lowest BCUT2D eigenvalue weighted by Crippen LogP contribution is -2.39. The van der Waals surface area contributed by atoms with Crippen molar-refractivity contribution in [3.05, 3.63) is 66.0 Å². The first kappa shape index (κ1) is 13.7. The number of carbonyl (C=O) groups excluding carboxylic acids is 1. The Hall–Kier alpha value is -2.69. The number of hydrogen-bond acceptors (Lipinski definition) is 4. The average molecular weight is 270 g/mol. The van der Waals surface area contributed by atoms with Crippen LogP contribution in [0.2, 0.25) is 0 Å². The summed E-state index contributed by atoms with van der Waals surface area (Å²) < 4.78 is 6.15. The smallest absolute Gasteiger partial charge is 0.406 e. The zero-order valence-electron chi connectivity index (χ0n) is 11.0. The molecule has 0 spiro atoms. The van der Waals surface area contributed by atoms with Crippen LogP contribution in [-0.4, -0.2) is 18.5 Å². The van der Waals surface area contributed by atoms with E-state index < -0.39 is 11.9 Å². The van der Waals surface area contributed by atoms with Gasteiger partial charge in [-0.2, -0.15) is 0 Å². The van der Waals surface area contributed by atoms with E-state index in [9.17, 15) is 9.90 Å². The van der Waals surface area contributed by atoms with E-state index in [0.717, 1.165) is 0 Å². The number of benzene rings is 1. The van der Waals surface area contributed by atoms with E-state index in [0.29, 0.717) is 5.56 Å². The van der Waals surface area contributed by atoms with Gasteiger partial charge in [0.05, 0.1) is 12.5 Å². The van der Waals surface area contributed by atoms with Gasteiger partial charge in [-0.3, -0.25) is 0 Å². The zero-order chi connectivity index (χ0) is 14.4. The molecule has 0 N–H and O–H groups in total. The lowest BCUT2D eigenvalue weighted by molar-refractivity contribution is -0.683. The highest BCUT2D eigenvalue weighted by atomic mass is 16.5. The third kappa shape index (κ3) is 3.20. The fourth-order valence-electron chi connectivity index (χ4n) is 1.62. The third-order valence-corrected chi connectivity index (χ3v) is 2.54. The summed E-state index contributed by atoms with van der Waals surface area (Å²) in [4.78, 5) is 11.8. The third-order valence-electron chi connectivity index (χ3n) is 2.54. The van der Waals surface area contributed by atoms with Crippen molar-refractivity contribution in [3.63, 3.8) is 0 Å². The van der Waals surface area contributed by atoms with Crippen LogP contribution in [-0.2, 0) is 4.74 Å². The summed E-state index contributed by atoms with van der Waals surface area (Å²) in [6.45, 7) is 1.98. The molecule has 5 heteroatoms. The molecule has 0 radical (unpaired) electrons. The normalized spacial score (nSPS) is 11.2. The fraction of sp³-hybridized carbons (Fsp3) is 0.133. The second-order valence-electron chi connectivity index (χ2n) is 3.92. The molecule has 0 aliphatic heterocycles. The lowest BCUT2D eigenvalue weighted by atomic mass is 10.2. The van der Waals surface area contributed by atoms with Crippen molar-refractivity contribution in [2.24, 2.45) is 5.10 Å². The number of rotatable bonds is 4. The number of pyridine rings is 1. The van der Waals surface area contributed by atoms with Gasteiger partial charge < -0.3 is 9.84 Å². The SMILES string of the molecule is CCOC(=O)c1cccc[n+]1/N=C(\[O-])c1ccccc1. The molecule has 0 atom stereocenters. The standard InChI is InChI=1S/C15H14N2O3/c1-2-20-15(19)13-10-6-7-11-17(13)16-14(18)12-8-4-3-5-9-12/h3-11H,2H2,1H3. The Kier molecular flexibility index (Phi) is 4.44. The predicted molar refractivity (Wildman–Crippen MR) is 71.0 cm³/mol. The van der Waals surface area contributed by atoms with Crippen molar-refractivity contribution < 1.29 is 19.3 Å². The Labute approximate surface area is 116 Å². The molecule has 0 fully saturated rings. The molecule has 0 aliphatic carbocycles. The van der Waals surface area contributed by atoms with Crippen LogP contribution in [0.1, 0.15) is 23.0 Å². The molecule has 1 heterocycles. The molecule has 2 aromatic rings. The van der Waals surface area contributed by atoms with Crippen molar-refractivity contribution in [2.45, 2.75) is 6.92 Å². The van der Waals surface area contributed by atoms with E-state index in [1.54, 1.807) is 49.4 Å². The van der Waals surface area contributed by atoms with E-state index >= 15 is 0 Å². The van der Waals surface area contributed by atoms with Crippen molar-refractivity contribution in [1.29, 1.82) is 0 Å². The van der Waals surface area contributed by atoms with E-state index in [4.69, 9.17) is 4.74 Å². The minimum Gasteiger partial charge on any atom is -0.854 e. The monoisotopic (exact) mass is 270 g/mol. The van der Waals surface area contributed by atoms with Gasteiger partial charge in [0.25, 0.3) is 0 Å². The first-order valence-corrected chi connectivity index (χ1v) is 6.21. The molecule has 20 heavy (non-hydrogen) atoms. The zero-order valence-corrected chi connectivity index (χ0v) is 11.0. The second kappa shape index (κ2) is 6.47. The maximum atomic E-state index is 12.0. The van der Waals surface area contributed by atoms with Crippen molar-refractivity contribution in [3.8, 4) is 0 Å². The molecule has 0 unspecified atom stereocenters. The van der Waals surface area contributed by atoms with E-state index in [1.807, 2.05) is 6.07 Å². The average Bonchev–Trinajstić information content (AvgIpc) is 2.49. The van der Waals surface area contributed by atoms with Gasteiger partial charge in [-0.1, -0.05) is 30.3 Å². The summed E-state index contributed by atoms with van der Waals surface area (Å²) in [6.07, 6.45) is 1.53. The van der Waals surface area contributed by atoms with E-state index in [-0.39, 0.29) is 12.3 Å². The van der Waals surface area contributed by atoms with Gasteiger partial charge in [-0.05, 0) is 28.3 Å². The molecule has 0 bridgehead atoms. The fourth-order valence-corrected chi connectivity index (χ4v) is 1.62. The predicted octanol–water partition coefficient (Wildman–Crippen LogP) is 0.721. The minimum atomic E-state index is -0.516. The van der Waals surface area contributed by atoms with Crippen LogP contribution in [0.5, 0.6) is 0 Å². The largest absolute Gasteiger partial charge is 0.854 e. The molecule has 0 amide bonds. The van der Waals surface area contributed by atoms with Crippen LogP contribution >= 0.6 is 0 Å². The Bertz CT molecular complexity index is 624. The molecule has 1 aromatic heterocycles. The van der Waals surface area contributed by atoms with E-state index in [2.05, 4.69) is 5.10 Å². The molecule has 0 aliphatic rings. The summed E-state index contributed by atoms with van der Waals surface area (Å²) in [5.74, 6) is -0.940. The molecule has 0 saturated heterocycles. The minimum absolute atomic E-state index is 0.207. The summed E-state index contributed by atoms with van der Waals surface area (Å²) >= 11 is 0.